The Hall–Kier alpha value is -1.20. The summed E-state index contributed by atoms with van der Waals surface area (Å²) >= 11 is 0. The monoisotopic (exact) mass is 255 g/mol. The third-order valence-electron chi connectivity index (χ3n) is 2.78. The number of nitrogens with one attached hydrogen (secondary N) is 1. The second kappa shape index (κ2) is 4.58. The predicted molar refractivity (Wildman–Crippen MR) is 64.7 cm³/mol. The van der Waals surface area contributed by atoms with Crippen molar-refractivity contribution in [3.05, 3.63) is 34.5 Å². The molecule has 1 N–H and O–H groups in total. The van der Waals surface area contributed by atoms with Gasteiger partial charge in [0.15, 0.2) is 0 Å². The van der Waals surface area contributed by atoms with Crippen LogP contribution in [0.5, 0.6) is 0 Å². The molecule has 0 saturated carbocycles. The lowest BCUT2D eigenvalue weighted by atomic mass is 10.2. The minimum atomic E-state index is -3.46. The van der Waals surface area contributed by atoms with E-state index in [0.717, 1.165) is 19.0 Å². The molecule has 0 fully saturated rings. The molecule has 1 heterocycles. The van der Waals surface area contributed by atoms with Gasteiger partial charge in [-0.25, -0.2) is 12.8 Å². The largest absolute Gasteiger partial charge is 0.320 e. The molecule has 2 rings (SSSR count). The molecule has 1 aromatic rings. The summed E-state index contributed by atoms with van der Waals surface area (Å²) in [5.74, 6) is -0.516. The molecule has 1 aliphatic rings. The van der Waals surface area contributed by atoms with Gasteiger partial charge in [0, 0.05) is 4.91 Å². The first-order chi connectivity index (χ1) is 8.05. The highest BCUT2D eigenvalue weighted by molar-refractivity contribution is 7.95. The first-order valence-corrected chi connectivity index (χ1v) is 6.94. The van der Waals surface area contributed by atoms with Gasteiger partial charge in [-0.15, -0.1) is 0 Å². The molecule has 0 aromatic heterocycles. The van der Waals surface area contributed by atoms with Crippen LogP contribution in [0.4, 0.5) is 4.39 Å². The molecule has 0 saturated heterocycles. The van der Waals surface area contributed by atoms with Crippen LogP contribution >= 0.6 is 0 Å². The molecule has 0 aliphatic carbocycles. The predicted octanol–water partition coefficient (Wildman–Crippen LogP) is 1.95. The maximum Gasteiger partial charge on any atom is 0.203 e. The van der Waals surface area contributed by atoms with Crippen LogP contribution in [-0.2, 0) is 9.84 Å². The van der Waals surface area contributed by atoms with Gasteiger partial charge in [-0.05, 0) is 50.2 Å². The first-order valence-electron chi connectivity index (χ1n) is 5.45. The molecule has 0 atom stereocenters. The summed E-state index contributed by atoms with van der Waals surface area (Å²) < 4.78 is 37.2. The lowest BCUT2D eigenvalue weighted by molar-refractivity contribution is 0.594. The smallest absolute Gasteiger partial charge is 0.203 e. The molecule has 1 aliphatic heterocycles. The molecule has 3 nitrogen and oxygen atoms in total. The average Bonchev–Trinajstić information content (AvgIpc) is 2.52. The minimum absolute atomic E-state index is 0.0944. The van der Waals surface area contributed by atoms with E-state index in [2.05, 4.69) is 5.32 Å². The van der Waals surface area contributed by atoms with Crippen LogP contribution in [0.2, 0.25) is 0 Å². The zero-order chi connectivity index (χ0) is 12.5. The van der Waals surface area contributed by atoms with Crippen LogP contribution in [0.25, 0.3) is 6.08 Å². The number of hydrogen-bond donors (Lipinski definition) is 1. The van der Waals surface area contributed by atoms with Crippen LogP contribution in [0, 0.1) is 5.82 Å². The van der Waals surface area contributed by atoms with E-state index in [1.54, 1.807) is 6.08 Å². The van der Waals surface area contributed by atoms with E-state index in [1.807, 2.05) is 7.05 Å². The summed E-state index contributed by atoms with van der Waals surface area (Å²) in [6, 6.07) is 3.88. The van der Waals surface area contributed by atoms with Gasteiger partial charge >= 0.3 is 0 Å². The highest BCUT2D eigenvalue weighted by Gasteiger charge is 2.29. The van der Waals surface area contributed by atoms with Gasteiger partial charge < -0.3 is 5.32 Å². The van der Waals surface area contributed by atoms with Crippen molar-refractivity contribution in [2.24, 2.45) is 0 Å². The fourth-order valence-electron chi connectivity index (χ4n) is 1.90. The van der Waals surface area contributed by atoms with Crippen molar-refractivity contribution in [1.29, 1.82) is 0 Å². The number of benzene rings is 1. The van der Waals surface area contributed by atoms with Crippen molar-refractivity contribution >= 4 is 15.9 Å². The van der Waals surface area contributed by atoms with Gasteiger partial charge in [-0.1, -0.05) is 6.07 Å². The van der Waals surface area contributed by atoms with Gasteiger partial charge in [-0.2, -0.15) is 0 Å². The van der Waals surface area contributed by atoms with Gasteiger partial charge in [0.05, 0.1) is 4.90 Å². The maximum absolute atomic E-state index is 13.0. The lowest BCUT2D eigenvalue weighted by Gasteiger charge is -2.03. The lowest BCUT2D eigenvalue weighted by Crippen LogP contribution is -2.09. The number of rotatable bonds is 4. The Labute approximate surface area is 100 Å². The molecule has 0 radical (unpaired) electrons. The highest BCUT2D eigenvalue weighted by Crippen LogP contribution is 2.35. The minimum Gasteiger partial charge on any atom is -0.320 e. The van der Waals surface area contributed by atoms with E-state index in [0.29, 0.717) is 16.9 Å². The Balaban J connectivity index is 2.30. The zero-order valence-corrected chi connectivity index (χ0v) is 10.3. The van der Waals surface area contributed by atoms with Crippen LogP contribution in [0.3, 0.4) is 0 Å². The Morgan fingerprint density at radius 2 is 2.12 bits per heavy atom. The molecule has 0 unspecified atom stereocenters. The fourth-order valence-corrected chi connectivity index (χ4v) is 3.58. The topological polar surface area (TPSA) is 46.2 Å². The van der Waals surface area contributed by atoms with Crippen molar-refractivity contribution in [3.8, 4) is 0 Å². The van der Waals surface area contributed by atoms with E-state index >= 15 is 0 Å². The molecule has 0 spiro atoms. The normalized spacial score (nSPS) is 16.7. The van der Waals surface area contributed by atoms with E-state index < -0.39 is 15.7 Å². The Kier molecular flexibility index (Phi) is 3.31. The third-order valence-corrected chi connectivity index (χ3v) is 4.72. The quantitative estimate of drug-likeness (QED) is 0.836. The van der Waals surface area contributed by atoms with Crippen molar-refractivity contribution in [2.75, 3.05) is 13.6 Å². The van der Waals surface area contributed by atoms with Crippen molar-refractivity contribution in [1.82, 2.24) is 5.32 Å². The van der Waals surface area contributed by atoms with E-state index in [-0.39, 0.29) is 4.90 Å². The Bertz CT molecular complexity index is 564. The van der Waals surface area contributed by atoms with Crippen molar-refractivity contribution in [2.45, 2.75) is 17.7 Å². The molecular formula is C12H14FNO2S. The second-order valence-electron chi connectivity index (χ2n) is 4.00. The molecule has 5 heteroatoms. The van der Waals surface area contributed by atoms with Gasteiger partial charge in [0.2, 0.25) is 9.84 Å². The second-order valence-corrected chi connectivity index (χ2v) is 5.97. The highest BCUT2D eigenvalue weighted by atomic mass is 32.2. The molecule has 0 bridgehead atoms. The fraction of sp³-hybridized carbons (Fsp3) is 0.333. The van der Waals surface area contributed by atoms with Crippen LogP contribution < -0.4 is 5.32 Å². The standard InChI is InChI=1S/C12H14FNO2S/c1-14-6-2-3-11-7-9-4-5-10(13)8-12(9)17(11,15)16/h4-5,7-8,14H,2-3,6H2,1H3. The van der Waals surface area contributed by atoms with Crippen molar-refractivity contribution < 1.29 is 12.8 Å². The summed E-state index contributed by atoms with van der Waals surface area (Å²) in [6.07, 6.45) is 2.87. The number of fused-ring (bicyclic) bond motifs is 1. The van der Waals surface area contributed by atoms with Gasteiger partial charge in [-0.3, -0.25) is 0 Å². The molecule has 0 amide bonds. The summed E-state index contributed by atoms with van der Waals surface area (Å²) in [7, 11) is -1.63. The van der Waals surface area contributed by atoms with E-state index in [9.17, 15) is 12.8 Å². The Morgan fingerprint density at radius 3 is 2.82 bits per heavy atom. The Morgan fingerprint density at radius 1 is 1.35 bits per heavy atom. The third kappa shape index (κ3) is 2.25. The summed E-state index contributed by atoms with van der Waals surface area (Å²) in [5.41, 5.74) is 0.589. The van der Waals surface area contributed by atoms with Crippen LogP contribution in [0.1, 0.15) is 18.4 Å². The number of halogens is 1. The zero-order valence-electron chi connectivity index (χ0n) is 9.53. The number of hydrogen-bond acceptors (Lipinski definition) is 3. The average molecular weight is 255 g/mol. The molecule has 1 aromatic carbocycles. The summed E-state index contributed by atoms with van der Waals surface area (Å²) in [4.78, 5) is 0.477. The maximum atomic E-state index is 13.0. The van der Waals surface area contributed by atoms with E-state index in [4.69, 9.17) is 0 Å². The van der Waals surface area contributed by atoms with Crippen LogP contribution in [0.15, 0.2) is 28.0 Å². The number of sulfone groups is 1. The molecular weight excluding hydrogens is 241 g/mol. The van der Waals surface area contributed by atoms with Gasteiger partial charge in [0.1, 0.15) is 5.82 Å². The van der Waals surface area contributed by atoms with Gasteiger partial charge in [0.25, 0.3) is 0 Å². The molecule has 92 valence electrons. The molecule has 17 heavy (non-hydrogen) atoms. The van der Waals surface area contributed by atoms with Crippen molar-refractivity contribution in [3.63, 3.8) is 0 Å². The SMILES string of the molecule is CNCCCC1=Cc2ccc(F)cc2S1(=O)=O. The first kappa shape index (κ1) is 12.3. The number of allylic oxidation sites excluding steroid dienone is 1. The summed E-state index contributed by atoms with van der Waals surface area (Å²) in [5, 5.41) is 2.97. The summed E-state index contributed by atoms with van der Waals surface area (Å²) in [6.45, 7) is 0.761. The van der Waals surface area contributed by atoms with E-state index in [1.165, 1.54) is 12.1 Å². The van der Waals surface area contributed by atoms with Crippen LogP contribution in [-0.4, -0.2) is 22.0 Å².